The van der Waals surface area contributed by atoms with Crippen LogP contribution in [0.2, 0.25) is 0 Å². The number of benzene rings is 1. The Hall–Kier alpha value is -3.14. The van der Waals surface area contributed by atoms with Gasteiger partial charge in [0.2, 0.25) is 11.8 Å². The molecule has 14 atom stereocenters. The zero-order valence-electron chi connectivity index (χ0n) is 30.8. The van der Waals surface area contributed by atoms with Crippen LogP contribution >= 0.6 is 0 Å². The number of piperidine rings is 1. The van der Waals surface area contributed by atoms with Crippen LogP contribution in [0, 0.1) is 40.4 Å². The Bertz CT molecular complexity index is 1630. The van der Waals surface area contributed by atoms with E-state index in [1.807, 2.05) is 6.92 Å². The molecule has 52 heavy (non-hydrogen) atoms. The number of nitrogens with two attached hydrogens (primary N) is 1. The van der Waals surface area contributed by atoms with E-state index in [1.165, 1.54) is 6.92 Å². The Labute approximate surface area is 304 Å². The number of likely N-dealkylation sites (tertiary alicyclic amines) is 1. The molecule has 5 saturated carbocycles. The molecule has 0 radical (unpaired) electrons. The summed E-state index contributed by atoms with van der Waals surface area (Å²) in [6, 6.07) is 5.98. The maximum Gasteiger partial charge on any atom is 0.340 e. The summed E-state index contributed by atoms with van der Waals surface area (Å²) in [4.78, 5) is 53.1. The average Bonchev–Trinajstić information content (AvgIpc) is 3.50. The predicted octanol–water partition coefficient (Wildman–Crippen LogP) is 1.50. The van der Waals surface area contributed by atoms with Gasteiger partial charge in [-0.2, -0.15) is 0 Å². The number of primary amides is 1. The van der Waals surface area contributed by atoms with Gasteiger partial charge in [0.15, 0.2) is 0 Å². The largest absolute Gasteiger partial charge is 0.462 e. The molecule has 1 spiro atoms. The topological polar surface area (TPSA) is 196 Å². The van der Waals surface area contributed by atoms with Crippen molar-refractivity contribution in [2.75, 3.05) is 46.3 Å². The van der Waals surface area contributed by atoms with E-state index in [2.05, 4.69) is 10.2 Å². The van der Waals surface area contributed by atoms with Gasteiger partial charge in [-0.25, -0.2) is 4.79 Å². The number of carbonyl (C=O) groups is 4. The maximum atomic E-state index is 14.0. The van der Waals surface area contributed by atoms with Gasteiger partial charge in [0, 0.05) is 82.1 Å². The summed E-state index contributed by atoms with van der Waals surface area (Å²) in [5.41, 5.74) is 0.722. The lowest BCUT2D eigenvalue weighted by atomic mass is 9.42. The second-order valence-electron chi connectivity index (χ2n) is 16.2. The van der Waals surface area contributed by atoms with Crippen molar-refractivity contribution in [2.45, 2.75) is 94.5 Å². The first-order valence-corrected chi connectivity index (χ1v) is 18.5. The number of nitrogens with one attached hydrogen (secondary N) is 1. The van der Waals surface area contributed by atoms with Crippen molar-refractivity contribution in [3.8, 4) is 0 Å². The van der Waals surface area contributed by atoms with Crippen molar-refractivity contribution >= 4 is 29.4 Å². The summed E-state index contributed by atoms with van der Waals surface area (Å²) in [6.45, 7) is 5.97. The normalized spacial score (nSPS) is 43.0. The number of hydrogen-bond donors (Lipinski definition) is 4. The minimum Gasteiger partial charge on any atom is -0.462 e. The summed E-state index contributed by atoms with van der Waals surface area (Å²) < 4.78 is 31.1. The number of nitrogens with zero attached hydrogens (tertiary/aromatic N) is 1. The second kappa shape index (κ2) is 13.0. The summed E-state index contributed by atoms with van der Waals surface area (Å²) >= 11 is 0. The van der Waals surface area contributed by atoms with Crippen molar-refractivity contribution in [1.82, 2.24) is 4.90 Å². The molecule has 1 aromatic rings. The van der Waals surface area contributed by atoms with E-state index < -0.39 is 87.9 Å². The van der Waals surface area contributed by atoms with Crippen LogP contribution < -0.4 is 11.1 Å². The molecule has 286 valence electrons. The Morgan fingerprint density at radius 2 is 1.83 bits per heavy atom. The summed E-state index contributed by atoms with van der Waals surface area (Å²) in [7, 11) is 4.84. The Morgan fingerprint density at radius 3 is 2.46 bits per heavy atom. The minimum atomic E-state index is -1.82. The van der Waals surface area contributed by atoms with Crippen LogP contribution in [-0.2, 0) is 38.1 Å². The van der Waals surface area contributed by atoms with Crippen LogP contribution in [0.3, 0.4) is 0 Å². The molecule has 5 N–H and O–H groups in total. The standard InChI is InChI=1S/C38H53N3O11/c1-7-41-17-35(18-51-33(45)21-10-8-9-11-24(21)40-27(43)14-19(2)32(39)44)13-12-26(49-5)37-23-15-22-25(48-4)16-36(46,28(23)29(22)52-20(3)42)38(47,34(37)41)31(50-6)30(35)37/h8-11,19,22-23,25-26,28-31,34,46-47H,7,12-18H2,1-6H3,(H2,39,44)(H,40,43). The number of ether oxygens (including phenoxy) is 5. The molecule has 1 aliphatic heterocycles. The van der Waals surface area contributed by atoms with Crippen LogP contribution in [0.4, 0.5) is 5.69 Å². The molecule has 1 saturated heterocycles. The van der Waals surface area contributed by atoms with E-state index in [0.29, 0.717) is 32.4 Å². The minimum absolute atomic E-state index is 0.0118. The van der Waals surface area contributed by atoms with Crippen LogP contribution in [-0.4, -0.2) is 122 Å². The molecular formula is C38H53N3O11. The number of amides is 2. The number of likely N-dealkylation sites (N-methyl/N-ethyl adjacent to an activating group) is 1. The number of rotatable bonds is 12. The number of hydrogen-bond acceptors (Lipinski definition) is 12. The predicted molar refractivity (Wildman–Crippen MR) is 185 cm³/mol. The van der Waals surface area contributed by atoms with Crippen molar-refractivity contribution < 1.29 is 53.1 Å². The van der Waals surface area contributed by atoms with E-state index in [4.69, 9.17) is 29.4 Å². The van der Waals surface area contributed by atoms with Gasteiger partial charge in [-0.3, -0.25) is 19.3 Å². The highest BCUT2D eigenvalue weighted by Gasteiger charge is 2.92. The van der Waals surface area contributed by atoms with Crippen molar-refractivity contribution in [2.24, 2.45) is 46.2 Å². The lowest BCUT2D eigenvalue weighted by Crippen LogP contribution is -2.82. The third-order valence-corrected chi connectivity index (χ3v) is 14.2. The van der Waals surface area contributed by atoms with Crippen LogP contribution in [0.1, 0.15) is 63.2 Å². The zero-order chi connectivity index (χ0) is 37.5. The zero-order valence-corrected chi connectivity index (χ0v) is 30.8. The smallest absolute Gasteiger partial charge is 0.340 e. The van der Waals surface area contributed by atoms with E-state index in [9.17, 15) is 29.4 Å². The van der Waals surface area contributed by atoms with Gasteiger partial charge in [0.1, 0.15) is 17.3 Å². The Kier molecular flexibility index (Phi) is 9.31. The summed E-state index contributed by atoms with van der Waals surface area (Å²) in [5.74, 6) is -4.27. The fourth-order valence-electron chi connectivity index (χ4n) is 12.7. The molecule has 14 nitrogen and oxygen atoms in total. The van der Waals surface area contributed by atoms with Crippen LogP contribution in [0.5, 0.6) is 0 Å². The molecular weight excluding hydrogens is 674 g/mol. The van der Waals surface area contributed by atoms with Gasteiger partial charge in [0.25, 0.3) is 0 Å². The quantitative estimate of drug-likeness (QED) is 0.227. The molecule has 2 amide bonds. The third-order valence-electron chi connectivity index (χ3n) is 14.2. The Balaban J connectivity index is 1.29. The molecule has 14 unspecified atom stereocenters. The first-order chi connectivity index (χ1) is 24.7. The van der Waals surface area contributed by atoms with Gasteiger partial charge < -0.3 is 44.9 Å². The molecule has 0 aromatic heterocycles. The number of anilines is 1. The van der Waals surface area contributed by atoms with Crippen molar-refractivity contribution in [3.05, 3.63) is 29.8 Å². The summed E-state index contributed by atoms with van der Waals surface area (Å²) in [6.07, 6.45) is -0.525. The number of aliphatic hydroxyl groups is 2. The number of methoxy groups -OCH3 is 3. The highest BCUT2D eigenvalue weighted by atomic mass is 16.6. The molecule has 7 bridgehead atoms. The van der Waals surface area contributed by atoms with E-state index in [-0.39, 0.29) is 48.6 Å². The number of para-hydroxylation sites is 1. The average molecular weight is 728 g/mol. The van der Waals surface area contributed by atoms with Gasteiger partial charge in [0.05, 0.1) is 42.2 Å². The SMILES string of the molecule is CCN1CC2(COC(=O)c3ccccc3NC(=O)CC(C)C(N)=O)CCC(OC)C34C5CC6C(OC)CC(O)(C5C6OC(C)=O)C(O)(C(OC)C23)C14. The third kappa shape index (κ3) is 4.83. The molecule has 6 aliphatic rings. The van der Waals surface area contributed by atoms with E-state index in [0.717, 1.165) is 0 Å². The van der Waals surface area contributed by atoms with Crippen LogP contribution in [0.25, 0.3) is 0 Å². The molecule has 6 fully saturated rings. The Morgan fingerprint density at radius 1 is 1.10 bits per heavy atom. The molecule has 1 aromatic carbocycles. The molecule has 7 rings (SSSR count). The van der Waals surface area contributed by atoms with E-state index in [1.54, 1.807) is 52.5 Å². The second-order valence-corrected chi connectivity index (χ2v) is 16.2. The number of fused-ring (bicyclic) bond motifs is 2. The van der Waals surface area contributed by atoms with Gasteiger partial charge in [-0.15, -0.1) is 0 Å². The van der Waals surface area contributed by atoms with Crippen molar-refractivity contribution in [3.63, 3.8) is 0 Å². The molecule has 1 heterocycles. The van der Waals surface area contributed by atoms with E-state index >= 15 is 0 Å². The monoisotopic (exact) mass is 727 g/mol. The highest BCUT2D eigenvalue weighted by molar-refractivity contribution is 6.02. The van der Waals surface area contributed by atoms with Crippen LogP contribution in [0.15, 0.2) is 24.3 Å². The van der Waals surface area contributed by atoms with Gasteiger partial charge >= 0.3 is 11.9 Å². The highest BCUT2D eigenvalue weighted by Crippen LogP contribution is 2.80. The lowest BCUT2D eigenvalue weighted by Gasteiger charge is -2.70. The van der Waals surface area contributed by atoms with Gasteiger partial charge in [-0.05, 0) is 43.9 Å². The first-order valence-electron chi connectivity index (χ1n) is 18.5. The first kappa shape index (κ1) is 37.2. The fourth-order valence-corrected chi connectivity index (χ4v) is 12.7. The molecule has 14 heteroatoms. The number of esters is 2. The fraction of sp³-hybridized carbons (Fsp3) is 0.737. The lowest BCUT2D eigenvalue weighted by molar-refractivity contribution is -0.319. The summed E-state index contributed by atoms with van der Waals surface area (Å²) in [5, 5.41) is 29.4. The molecule has 5 aliphatic carbocycles. The van der Waals surface area contributed by atoms with Crippen molar-refractivity contribution in [1.29, 1.82) is 0 Å². The van der Waals surface area contributed by atoms with Gasteiger partial charge in [-0.1, -0.05) is 26.0 Å². The number of carbonyl (C=O) groups excluding carboxylic acids is 4. The maximum absolute atomic E-state index is 14.0.